The summed E-state index contributed by atoms with van der Waals surface area (Å²) in [4.78, 5) is 0. The molecular formula is C106H68. The number of fused-ring (bicyclic) bond motifs is 12. The molecule has 0 heterocycles. The van der Waals surface area contributed by atoms with Crippen LogP contribution >= 0.6 is 0 Å². The van der Waals surface area contributed by atoms with Crippen molar-refractivity contribution >= 4 is 108 Å². The van der Waals surface area contributed by atoms with E-state index in [-0.39, 0.29) is 0 Å². The Balaban J connectivity index is 0.000000141. The Morgan fingerprint density at radius 1 is 0.0849 bits per heavy atom. The second kappa shape index (κ2) is 26.2. The first-order valence-corrected chi connectivity index (χ1v) is 36.7. The van der Waals surface area contributed by atoms with Crippen LogP contribution in [0.15, 0.2) is 413 Å². The fraction of sp³-hybridized carbons (Fsp3) is 0. The van der Waals surface area contributed by atoms with E-state index in [4.69, 9.17) is 0 Å². The Kier molecular flexibility index (Phi) is 15.4. The molecule has 0 N–H and O–H groups in total. The highest BCUT2D eigenvalue weighted by Crippen LogP contribution is 2.44. The summed E-state index contributed by atoms with van der Waals surface area (Å²) in [7, 11) is 0. The third kappa shape index (κ3) is 11.5. The molecule has 0 aliphatic heterocycles. The molecule has 0 saturated heterocycles. The maximum absolute atomic E-state index is 2.39. The highest BCUT2D eigenvalue weighted by atomic mass is 14.2. The van der Waals surface area contributed by atoms with Crippen molar-refractivity contribution < 1.29 is 0 Å². The van der Waals surface area contributed by atoms with E-state index in [1.54, 1.807) is 0 Å². The number of hydrogen-bond acceptors (Lipinski definition) is 0. The van der Waals surface area contributed by atoms with Gasteiger partial charge in [-0.1, -0.05) is 334 Å². The Labute approximate surface area is 616 Å². The third-order valence-electron chi connectivity index (χ3n) is 22.0. The highest BCUT2D eigenvalue weighted by molar-refractivity contribution is 6.17. The molecule has 0 amide bonds. The van der Waals surface area contributed by atoms with Crippen LogP contribution in [-0.2, 0) is 0 Å². The van der Waals surface area contributed by atoms with Gasteiger partial charge in [0.2, 0.25) is 0 Å². The molecule has 0 bridgehead atoms. The molecule has 0 nitrogen and oxygen atoms in total. The Hall–Kier alpha value is -13.8. The van der Waals surface area contributed by atoms with Gasteiger partial charge in [-0.15, -0.1) is 0 Å². The molecule has 21 rings (SSSR count). The number of rotatable bonds is 9. The third-order valence-corrected chi connectivity index (χ3v) is 22.0. The Morgan fingerprint density at radius 2 is 0.340 bits per heavy atom. The van der Waals surface area contributed by atoms with E-state index in [1.165, 1.54) is 208 Å². The SMILES string of the molecule is c1cc(-c2ccc(-c3ccc4cc(-c5ccc6ccccc6c5)ccc4c3)c3ccccc23)cc(-c2cc3ccccc3c3ccccc23)c1.c1ccc(-c2cc3cc(-c4cccc(-c5ccc6ccccc6c5)c4)ccc3c3ccc(-c4ccc5cc(-c6ccc7ccccc7c6)ccc5c4)cc23)cc1. The second-order valence-electron chi connectivity index (χ2n) is 28.3. The molecule has 0 saturated carbocycles. The summed E-state index contributed by atoms with van der Waals surface area (Å²) >= 11 is 0. The maximum atomic E-state index is 2.39. The van der Waals surface area contributed by atoms with Gasteiger partial charge >= 0.3 is 0 Å². The van der Waals surface area contributed by atoms with Gasteiger partial charge in [0.15, 0.2) is 0 Å². The molecule has 0 atom stereocenters. The smallest absolute Gasteiger partial charge is 0.00928 e. The van der Waals surface area contributed by atoms with Gasteiger partial charge in [-0.05, 0) is 287 Å². The predicted octanol–water partition coefficient (Wildman–Crippen LogP) is 29.9. The van der Waals surface area contributed by atoms with Crippen molar-refractivity contribution in [2.45, 2.75) is 0 Å². The first kappa shape index (κ1) is 62.0. The topological polar surface area (TPSA) is 0 Å². The zero-order chi connectivity index (χ0) is 70.0. The van der Waals surface area contributed by atoms with Gasteiger partial charge in [0.25, 0.3) is 0 Å². The average Bonchev–Trinajstić information content (AvgIpc) is 0.751. The van der Waals surface area contributed by atoms with Crippen LogP contribution in [0.25, 0.3) is 208 Å². The van der Waals surface area contributed by atoms with Gasteiger partial charge in [0, 0.05) is 0 Å². The molecule has 0 heteroatoms. The van der Waals surface area contributed by atoms with Crippen LogP contribution in [0.4, 0.5) is 0 Å². The summed E-state index contributed by atoms with van der Waals surface area (Å²) in [5.74, 6) is 0. The number of hydrogen-bond donors (Lipinski definition) is 0. The standard InChI is InChI=1S/C56H36.C50H32/c1-2-11-39(12-3-1)55-36-52-34-50(43-16-8-15-42(31-43)44-19-17-37-9-4-6-13-40(37)29-44)25-27-53(52)54-28-26-51(35-56(54)55)49-24-23-47-32-46(21-22-48(47)33-49)45-20-18-38-10-5-7-14-41(38)30-45;1-2-11-34-28-35(21-20-33(34)10-1)36-22-23-38-30-42(25-24-37(38)29-36)45-27-26-44(47-17-5-6-18-48(45)47)39-13-9-14-40(31-39)50-32-41-12-3-4-15-43(41)46-16-7-8-19-49(46)50/h1-36H;1-32H. The van der Waals surface area contributed by atoms with Gasteiger partial charge < -0.3 is 0 Å². The summed E-state index contributed by atoms with van der Waals surface area (Å²) in [6.45, 7) is 0. The Bertz CT molecular complexity index is 7070. The van der Waals surface area contributed by atoms with Crippen molar-refractivity contribution in [2.75, 3.05) is 0 Å². The van der Waals surface area contributed by atoms with E-state index in [1.807, 2.05) is 0 Å². The van der Waals surface area contributed by atoms with E-state index in [0.29, 0.717) is 0 Å². The van der Waals surface area contributed by atoms with Gasteiger partial charge in [0.05, 0.1) is 0 Å². The van der Waals surface area contributed by atoms with Crippen LogP contribution in [0.1, 0.15) is 0 Å². The van der Waals surface area contributed by atoms with E-state index >= 15 is 0 Å². The first-order chi connectivity index (χ1) is 52.5. The van der Waals surface area contributed by atoms with Crippen LogP contribution in [0, 0.1) is 0 Å². The Morgan fingerprint density at radius 3 is 0.830 bits per heavy atom. The monoisotopic (exact) mass is 1340 g/mol. The zero-order valence-electron chi connectivity index (χ0n) is 58.3. The van der Waals surface area contributed by atoms with Crippen LogP contribution < -0.4 is 0 Å². The van der Waals surface area contributed by atoms with E-state index in [0.717, 1.165) is 0 Å². The van der Waals surface area contributed by atoms with Crippen LogP contribution in [0.5, 0.6) is 0 Å². The highest BCUT2D eigenvalue weighted by Gasteiger charge is 2.17. The predicted molar refractivity (Wildman–Crippen MR) is 457 cm³/mol. The minimum Gasteiger partial charge on any atom is -0.0622 e. The normalized spacial score (nSPS) is 11.6. The lowest BCUT2D eigenvalue weighted by Gasteiger charge is -2.15. The molecule has 492 valence electrons. The summed E-state index contributed by atoms with van der Waals surface area (Å²) < 4.78 is 0. The molecule has 0 radical (unpaired) electrons. The minimum absolute atomic E-state index is 1.22. The molecule has 21 aromatic rings. The molecular weight excluding hydrogens is 1270 g/mol. The fourth-order valence-corrected chi connectivity index (χ4v) is 16.5. The summed E-state index contributed by atoms with van der Waals surface area (Å²) in [5, 5.41) is 25.3. The molecule has 0 aromatic heterocycles. The van der Waals surface area contributed by atoms with E-state index in [2.05, 4.69) is 413 Å². The van der Waals surface area contributed by atoms with Crippen molar-refractivity contribution in [2.24, 2.45) is 0 Å². The van der Waals surface area contributed by atoms with Crippen molar-refractivity contribution in [3.63, 3.8) is 0 Å². The van der Waals surface area contributed by atoms with Crippen LogP contribution in [-0.4, -0.2) is 0 Å². The quantitative estimate of drug-likeness (QED) is 0.126. The first-order valence-electron chi connectivity index (χ1n) is 36.7. The molecule has 0 aliphatic rings. The molecule has 106 heavy (non-hydrogen) atoms. The van der Waals surface area contributed by atoms with Crippen molar-refractivity contribution in [1.29, 1.82) is 0 Å². The van der Waals surface area contributed by atoms with E-state index < -0.39 is 0 Å². The minimum atomic E-state index is 1.22. The number of benzene rings is 21. The average molecular weight is 1340 g/mol. The zero-order valence-corrected chi connectivity index (χ0v) is 58.3. The maximum Gasteiger partial charge on any atom is -0.00928 e. The summed E-state index contributed by atoms with van der Waals surface area (Å²) in [6.07, 6.45) is 0. The lowest BCUT2D eigenvalue weighted by molar-refractivity contribution is 1.61. The fourth-order valence-electron chi connectivity index (χ4n) is 16.5. The largest absolute Gasteiger partial charge is 0.0622 e. The summed E-state index contributed by atoms with van der Waals surface area (Å²) in [5.41, 5.74) is 22.2. The molecule has 21 aromatic carbocycles. The molecule has 0 spiro atoms. The second-order valence-corrected chi connectivity index (χ2v) is 28.3. The lowest BCUT2D eigenvalue weighted by Crippen LogP contribution is -1.88. The van der Waals surface area contributed by atoms with Gasteiger partial charge in [-0.25, -0.2) is 0 Å². The van der Waals surface area contributed by atoms with Gasteiger partial charge in [-0.3, -0.25) is 0 Å². The van der Waals surface area contributed by atoms with Crippen molar-refractivity contribution in [1.82, 2.24) is 0 Å². The lowest BCUT2D eigenvalue weighted by atomic mass is 9.89. The van der Waals surface area contributed by atoms with Crippen molar-refractivity contribution in [3.8, 4) is 100 Å². The molecule has 0 fully saturated rings. The van der Waals surface area contributed by atoms with Crippen LogP contribution in [0.2, 0.25) is 0 Å². The molecule has 0 aliphatic carbocycles. The van der Waals surface area contributed by atoms with Crippen molar-refractivity contribution in [3.05, 3.63) is 413 Å². The molecule has 0 unspecified atom stereocenters. The van der Waals surface area contributed by atoms with Gasteiger partial charge in [-0.2, -0.15) is 0 Å². The van der Waals surface area contributed by atoms with Gasteiger partial charge in [0.1, 0.15) is 0 Å². The van der Waals surface area contributed by atoms with E-state index in [9.17, 15) is 0 Å². The van der Waals surface area contributed by atoms with Crippen LogP contribution in [0.3, 0.4) is 0 Å². The summed E-state index contributed by atoms with van der Waals surface area (Å²) in [6, 6.07) is 152.